The van der Waals surface area contributed by atoms with Crippen LogP contribution in [0.25, 0.3) is 0 Å². The molecule has 1 atom stereocenters. The lowest BCUT2D eigenvalue weighted by atomic mass is 10.0. The highest BCUT2D eigenvalue weighted by atomic mass is 35.5. The van der Waals surface area contributed by atoms with Gasteiger partial charge in [0.2, 0.25) is 5.91 Å². The second kappa shape index (κ2) is 6.92. The van der Waals surface area contributed by atoms with E-state index in [2.05, 4.69) is 10.6 Å². The number of hydrogen-bond acceptors (Lipinski definition) is 2. The maximum atomic E-state index is 13.2. The van der Waals surface area contributed by atoms with Crippen molar-refractivity contribution >= 4 is 35.6 Å². The quantitative estimate of drug-likeness (QED) is 0.880. The minimum Gasteiger partial charge on any atom is -0.325 e. The molecule has 100 valence electrons. The summed E-state index contributed by atoms with van der Waals surface area (Å²) in [7, 11) is 0. The number of nitrogens with one attached hydrogen (secondary N) is 2. The van der Waals surface area contributed by atoms with E-state index in [9.17, 15) is 9.18 Å². The zero-order valence-electron chi connectivity index (χ0n) is 9.71. The fraction of sp³-hybridized carbons (Fsp3) is 0.417. The molecule has 0 spiro atoms. The van der Waals surface area contributed by atoms with Gasteiger partial charge in [-0.1, -0.05) is 18.0 Å². The summed E-state index contributed by atoms with van der Waals surface area (Å²) in [5.41, 5.74) is 0.435. The van der Waals surface area contributed by atoms with E-state index in [1.165, 1.54) is 12.1 Å². The SMILES string of the molecule is Cl.O=C(Nc1ccc(Cl)c(F)c1)[C@H]1CCCCN1. The van der Waals surface area contributed by atoms with Crippen LogP contribution >= 0.6 is 24.0 Å². The van der Waals surface area contributed by atoms with Gasteiger partial charge in [0.25, 0.3) is 0 Å². The van der Waals surface area contributed by atoms with Crippen molar-refractivity contribution in [1.29, 1.82) is 0 Å². The third-order valence-corrected chi connectivity index (χ3v) is 3.12. The van der Waals surface area contributed by atoms with E-state index in [0.717, 1.165) is 25.8 Å². The molecule has 1 aliphatic heterocycles. The first-order valence-electron chi connectivity index (χ1n) is 5.66. The van der Waals surface area contributed by atoms with Crippen LogP contribution in [0.1, 0.15) is 19.3 Å². The van der Waals surface area contributed by atoms with E-state index in [0.29, 0.717) is 5.69 Å². The van der Waals surface area contributed by atoms with Gasteiger partial charge in [-0.25, -0.2) is 4.39 Å². The van der Waals surface area contributed by atoms with Gasteiger partial charge in [0, 0.05) is 5.69 Å². The van der Waals surface area contributed by atoms with Crippen LogP contribution in [0, 0.1) is 5.82 Å². The molecule has 1 aliphatic rings. The summed E-state index contributed by atoms with van der Waals surface area (Å²) in [6, 6.07) is 4.07. The van der Waals surface area contributed by atoms with Crippen LogP contribution in [0.15, 0.2) is 18.2 Å². The molecule has 0 unspecified atom stereocenters. The normalized spacial score (nSPS) is 18.9. The molecule has 0 bridgehead atoms. The van der Waals surface area contributed by atoms with Crippen molar-refractivity contribution in [3.05, 3.63) is 29.0 Å². The van der Waals surface area contributed by atoms with E-state index in [4.69, 9.17) is 11.6 Å². The van der Waals surface area contributed by atoms with Crippen LogP contribution in [-0.2, 0) is 4.79 Å². The number of carbonyl (C=O) groups is 1. The Bertz CT molecular complexity index is 423. The predicted molar refractivity (Wildman–Crippen MR) is 72.9 cm³/mol. The van der Waals surface area contributed by atoms with Gasteiger partial charge in [-0.05, 0) is 37.6 Å². The van der Waals surface area contributed by atoms with Crippen LogP contribution in [0.4, 0.5) is 10.1 Å². The number of carbonyl (C=O) groups excluding carboxylic acids is 1. The molecule has 6 heteroatoms. The molecule has 2 rings (SSSR count). The predicted octanol–water partition coefficient (Wildman–Crippen LogP) is 2.98. The molecule has 1 saturated heterocycles. The maximum Gasteiger partial charge on any atom is 0.241 e. The van der Waals surface area contributed by atoms with Crippen LogP contribution in [-0.4, -0.2) is 18.5 Å². The Labute approximate surface area is 116 Å². The van der Waals surface area contributed by atoms with Crippen molar-refractivity contribution in [2.45, 2.75) is 25.3 Å². The van der Waals surface area contributed by atoms with Gasteiger partial charge < -0.3 is 10.6 Å². The molecule has 1 heterocycles. The summed E-state index contributed by atoms with van der Waals surface area (Å²) < 4.78 is 13.2. The highest BCUT2D eigenvalue weighted by Crippen LogP contribution is 2.19. The first-order valence-corrected chi connectivity index (χ1v) is 6.04. The Morgan fingerprint density at radius 3 is 2.83 bits per heavy atom. The number of amides is 1. The second-order valence-electron chi connectivity index (χ2n) is 4.12. The lowest BCUT2D eigenvalue weighted by molar-refractivity contribution is -0.118. The van der Waals surface area contributed by atoms with Gasteiger partial charge >= 0.3 is 0 Å². The van der Waals surface area contributed by atoms with Gasteiger partial charge in [0.15, 0.2) is 0 Å². The monoisotopic (exact) mass is 292 g/mol. The molecule has 18 heavy (non-hydrogen) atoms. The topological polar surface area (TPSA) is 41.1 Å². The highest BCUT2D eigenvalue weighted by Gasteiger charge is 2.20. The molecule has 1 aromatic carbocycles. The smallest absolute Gasteiger partial charge is 0.241 e. The van der Waals surface area contributed by atoms with Crippen LogP contribution < -0.4 is 10.6 Å². The van der Waals surface area contributed by atoms with E-state index in [1.54, 1.807) is 6.07 Å². The number of halogens is 3. The molecule has 3 nitrogen and oxygen atoms in total. The van der Waals surface area contributed by atoms with Gasteiger partial charge in [-0.15, -0.1) is 12.4 Å². The minimum atomic E-state index is -0.527. The molecule has 1 aromatic rings. The van der Waals surface area contributed by atoms with Gasteiger partial charge in [0.05, 0.1) is 11.1 Å². The summed E-state index contributed by atoms with van der Waals surface area (Å²) >= 11 is 5.57. The fourth-order valence-electron chi connectivity index (χ4n) is 1.88. The second-order valence-corrected chi connectivity index (χ2v) is 4.53. The van der Waals surface area contributed by atoms with E-state index in [1.807, 2.05) is 0 Å². The molecule has 1 fully saturated rings. The van der Waals surface area contributed by atoms with Gasteiger partial charge in [-0.2, -0.15) is 0 Å². The summed E-state index contributed by atoms with van der Waals surface area (Å²) in [6.07, 6.45) is 2.96. The maximum absolute atomic E-state index is 13.2. The first kappa shape index (κ1) is 15.2. The number of anilines is 1. The van der Waals surface area contributed by atoms with Crippen molar-refractivity contribution in [2.75, 3.05) is 11.9 Å². The van der Waals surface area contributed by atoms with Gasteiger partial charge in [0.1, 0.15) is 5.82 Å². The summed E-state index contributed by atoms with van der Waals surface area (Å²) in [6.45, 7) is 0.854. The van der Waals surface area contributed by atoms with E-state index < -0.39 is 5.82 Å². The Kier molecular flexibility index (Phi) is 5.85. The Morgan fingerprint density at radius 2 is 2.22 bits per heavy atom. The Morgan fingerprint density at radius 1 is 1.44 bits per heavy atom. The summed E-state index contributed by atoms with van der Waals surface area (Å²) in [4.78, 5) is 11.8. The fourth-order valence-corrected chi connectivity index (χ4v) is 2.00. The van der Waals surface area contributed by atoms with E-state index in [-0.39, 0.29) is 29.4 Å². The third-order valence-electron chi connectivity index (χ3n) is 2.81. The Balaban J connectivity index is 0.00000162. The van der Waals surface area contributed by atoms with Crippen molar-refractivity contribution < 1.29 is 9.18 Å². The lowest BCUT2D eigenvalue weighted by Crippen LogP contribution is -2.43. The molecule has 0 aliphatic carbocycles. The number of hydrogen-bond donors (Lipinski definition) is 2. The summed E-state index contributed by atoms with van der Waals surface area (Å²) in [5, 5.41) is 5.87. The molecular formula is C12H15Cl2FN2O. The molecule has 0 saturated carbocycles. The standard InChI is InChI=1S/C12H14ClFN2O.ClH/c13-9-5-4-8(7-10(9)14)16-12(17)11-3-1-2-6-15-11;/h4-5,7,11,15H,1-3,6H2,(H,16,17);1H/t11-;/m1./s1. The van der Waals surface area contributed by atoms with Crippen LogP contribution in [0.5, 0.6) is 0 Å². The number of benzene rings is 1. The number of rotatable bonds is 2. The largest absolute Gasteiger partial charge is 0.325 e. The van der Waals surface area contributed by atoms with Crippen molar-refractivity contribution in [3.63, 3.8) is 0 Å². The van der Waals surface area contributed by atoms with Crippen molar-refractivity contribution in [2.24, 2.45) is 0 Å². The van der Waals surface area contributed by atoms with E-state index >= 15 is 0 Å². The zero-order chi connectivity index (χ0) is 12.3. The molecule has 0 aromatic heterocycles. The highest BCUT2D eigenvalue weighted by molar-refractivity contribution is 6.30. The van der Waals surface area contributed by atoms with Crippen molar-refractivity contribution in [3.8, 4) is 0 Å². The Hall–Kier alpha value is -0.840. The van der Waals surface area contributed by atoms with Crippen LogP contribution in [0.2, 0.25) is 5.02 Å². The first-order chi connectivity index (χ1) is 8.16. The molecular weight excluding hydrogens is 278 g/mol. The third kappa shape index (κ3) is 3.83. The summed E-state index contributed by atoms with van der Waals surface area (Å²) in [5.74, 6) is -0.646. The average Bonchev–Trinajstić information content (AvgIpc) is 2.35. The van der Waals surface area contributed by atoms with Gasteiger partial charge in [-0.3, -0.25) is 4.79 Å². The van der Waals surface area contributed by atoms with Crippen LogP contribution in [0.3, 0.4) is 0 Å². The van der Waals surface area contributed by atoms with Crippen molar-refractivity contribution in [1.82, 2.24) is 5.32 Å². The molecule has 2 N–H and O–H groups in total. The average molecular weight is 293 g/mol. The molecule has 1 amide bonds. The minimum absolute atomic E-state index is 0. The molecule has 0 radical (unpaired) electrons. The lowest BCUT2D eigenvalue weighted by Gasteiger charge is -2.22. The number of piperidine rings is 1. The zero-order valence-corrected chi connectivity index (χ0v) is 11.3.